The number of hydrogen-bond acceptors (Lipinski definition) is 2. The SMILES string of the molecule is CC1(C)CN(C(=O)c2cccc(F)c2)c2ccccc2O1. The van der Waals surface area contributed by atoms with Gasteiger partial charge in [-0.3, -0.25) is 4.79 Å². The highest BCUT2D eigenvalue weighted by Crippen LogP contribution is 2.37. The van der Waals surface area contributed by atoms with E-state index in [9.17, 15) is 9.18 Å². The molecule has 0 atom stereocenters. The molecule has 0 unspecified atom stereocenters. The van der Waals surface area contributed by atoms with Crippen molar-refractivity contribution in [2.24, 2.45) is 0 Å². The van der Waals surface area contributed by atoms with Crippen LogP contribution in [0, 0.1) is 5.82 Å². The molecule has 3 rings (SSSR count). The Kier molecular flexibility index (Phi) is 3.16. The predicted octanol–water partition coefficient (Wildman–Crippen LogP) is 3.64. The molecule has 2 aromatic carbocycles. The zero-order valence-corrected chi connectivity index (χ0v) is 12.0. The number of nitrogens with zero attached hydrogens (tertiary/aromatic N) is 1. The van der Waals surface area contributed by atoms with Crippen LogP contribution < -0.4 is 9.64 Å². The Morgan fingerprint density at radius 2 is 1.95 bits per heavy atom. The summed E-state index contributed by atoms with van der Waals surface area (Å²) in [4.78, 5) is 14.4. The van der Waals surface area contributed by atoms with Gasteiger partial charge in [0.2, 0.25) is 0 Å². The number of carbonyl (C=O) groups is 1. The highest BCUT2D eigenvalue weighted by Gasteiger charge is 2.35. The molecule has 0 aromatic heterocycles. The molecule has 0 bridgehead atoms. The van der Waals surface area contributed by atoms with E-state index in [1.807, 2.05) is 38.1 Å². The molecule has 0 spiro atoms. The summed E-state index contributed by atoms with van der Waals surface area (Å²) < 4.78 is 19.2. The van der Waals surface area contributed by atoms with Crippen LogP contribution in [0.25, 0.3) is 0 Å². The van der Waals surface area contributed by atoms with Gasteiger partial charge >= 0.3 is 0 Å². The first-order valence-electron chi connectivity index (χ1n) is 6.82. The number of anilines is 1. The lowest BCUT2D eigenvalue weighted by atomic mass is 10.0. The lowest BCUT2D eigenvalue weighted by Crippen LogP contribution is -2.49. The molecule has 1 aliphatic rings. The minimum atomic E-state index is -0.489. The molecular weight excluding hydrogens is 269 g/mol. The predicted molar refractivity (Wildman–Crippen MR) is 79.2 cm³/mol. The first kappa shape index (κ1) is 13.6. The van der Waals surface area contributed by atoms with E-state index in [1.165, 1.54) is 12.1 Å². The van der Waals surface area contributed by atoms with Crippen LogP contribution in [0.5, 0.6) is 5.75 Å². The minimum Gasteiger partial charge on any atom is -0.484 e. The highest BCUT2D eigenvalue weighted by molar-refractivity contribution is 6.07. The molecule has 0 saturated heterocycles. The Morgan fingerprint density at radius 3 is 2.71 bits per heavy atom. The fourth-order valence-corrected chi connectivity index (χ4v) is 2.52. The van der Waals surface area contributed by atoms with E-state index < -0.39 is 11.4 Å². The normalized spacial score (nSPS) is 16.0. The third-order valence-electron chi connectivity index (χ3n) is 3.40. The van der Waals surface area contributed by atoms with Crippen LogP contribution in [-0.2, 0) is 0 Å². The van der Waals surface area contributed by atoms with Gasteiger partial charge in [-0.05, 0) is 44.2 Å². The fraction of sp³-hybridized carbons (Fsp3) is 0.235. The summed E-state index contributed by atoms with van der Waals surface area (Å²) in [6.45, 7) is 4.27. The van der Waals surface area contributed by atoms with Crippen molar-refractivity contribution in [1.82, 2.24) is 0 Å². The number of rotatable bonds is 1. The molecule has 1 aliphatic heterocycles. The molecule has 108 valence electrons. The summed E-state index contributed by atoms with van der Waals surface area (Å²) in [6, 6.07) is 13.1. The lowest BCUT2D eigenvalue weighted by Gasteiger charge is -2.39. The third-order valence-corrected chi connectivity index (χ3v) is 3.40. The fourth-order valence-electron chi connectivity index (χ4n) is 2.52. The molecule has 0 saturated carbocycles. The first-order valence-corrected chi connectivity index (χ1v) is 6.82. The average Bonchev–Trinajstić information content (AvgIpc) is 2.44. The zero-order chi connectivity index (χ0) is 15.0. The minimum absolute atomic E-state index is 0.224. The van der Waals surface area contributed by atoms with Crippen molar-refractivity contribution in [3.05, 3.63) is 59.9 Å². The summed E-state index contributed by atoms with van der Waals surface area (Å²) >= 11 is 0. The van der Waals surface area contributed by atoms with E-state index in [0.29, 0.717) is 23.5 Å². The van der Waals surface area contributed by atoms with E-state index in [-0.39, 0.29) is 5.91 Å². The largest absolute Gasteiger partial charge is 0.484 e. The monoisotopic (exact) mass is 285 g/mol. The smallest absolute Gasteiger partial charge is 0.258 e. The topological polar surface area (TPSA) is 29.5 Å². The maximum Gasteiger partial charge on any atom is 0.258 e. The van der Waals surface area contributed by atoms with E-state index in [0.717, 1.165) is 0 Å². The Balaban J connectivity index is 2.03. The van der Waals surface area contributed by atoms with Crippen LogP contribution in [-0.4, -0.2) is 18.1 Å². The van der Waals surface area contributed by atoms with Crippen LogP contribution in [0.2, 0.25) is 0 Å². The molecule has 0 N–H and O–H groups in total. The molecule has 21 heavy (non-hydrogen) atoms. The van der Waals surface area contributed by atoms with E-state index in [4.69, 9.17) is 4.74 Å². The number of benzene rings is 2. The van der Waals surface area contributed by atoms with E-state index in [1.54, 1.807) is 17.0 Å². The second-order valence-corrected chi connectivity index (χ2v) is 5.73. The third kappa shape index (κ3) is 2.61. The summed E-state index contributed by atoms with van der Waals surface area (Å²) in [5.74, 6) is 0.0264. The van der Waals surface area contributed by atoms with Gasteiger partial charge in [-0.25, -0.2) is 4.39 Å². The number of halogens is 1. The number of hydrogen-bond donors (Lipinski definition) is 0. The van der Waals surface area contributed by atoms with Gasteiger partial charge in [-0.15, -0.1) is 0 Å². The number of carbonyl (C=O) groups excluding carboxylic acids is 1. The van der Waals surface area contributed by atoms with Crippen molar-refractivity contribution in [3.8, 4) is 5.75 Å². The molecule has 3 nitrogen and oxygen atoms in total. The Labute approximate surface area is 123 Å². The number of ether oxygens (including phenoxy) is 1. The number of para-hydroxylation sites is 2. The maximum absolute atomic E-state index is 13.3. The molecule has 0 aliphatic carbocycles. The summed E-state index contributed by atoms with van der Waals surface area (Å²) in [7, 11) is 0. The van der Waals surface area contributed by atoms with Crippen molar-refractivity contribution in [1.29, 1.82) is 0 Å². The molecular formula is C17H16FNO2. The van der Waals surface area contributed by atoms with E-state index >= 15 is 0 Å². The van der Waals surface area contributed by atoms with E-state index in [2.05, 4.69) is 0 Å². The van der Waals surface area contributed by atoms with Crippen LogP contribution in [0.4, 0.5) is 10.1 Å². The zero-order valence-electron chi connectivity index (χ0n) is 12.0. The second-order valence-electron chi connectivity index (χ2n) is 5.73. The number of fused-ring (bicyclic) bond motifs is 1. The number of amides is 1. The van der Waals surface area contributed by atoms with Gasteiger partial charge in [0.05, 0.1) is 12.2 Å². The summed E-state index contributed by atoms with van der Waals surface area (Å²) in [6.07, 6.45) is 0. The van der Waals surface area contributed by atoms with Crippen molar-refractivity contribution in [3.63, 3.8) is 0 Å². The molecule has 1 amide bonds. The Bertz CT molecular complexity index is 697. The van der Waals surface area contributed by atoms with Gasteiger partial charge in [-0.2, -0.15) is 0 Å². The van der Waals surface area contributed by atoms with Crippen LogP contribution in [0.15, 0.2) is 48.5 Å². The van der Waals surface area contributed by atoms with Gasteiger partial charge in [-0.1, -0.05) is 18.2 Å². The standard InChI is InChI=1S/C17H16FNO2/c1-17(2)11-19(14-8-3-4-9-15(14)21-17)16(20)12-6-5-7-13(18)10-12/h3-10H,11H2,1-2H3. The van der Waals surface area contributed by atoms with Crippen molar-refractivity contribution < 1.29 is 13.9 Å². The lowest BCUT2D eigenvalue weighted by molar-refractivity contribution is 0.0836. The van der Waals surface area contributed by atoms with Crippen molar-refractivity contribution in [2.45, 2.75) is 19.4 Å². The first-order chi connectivity index (χ1) is 9.96. The van der Waals surface area contributed by atoms with Crippen LogP contribution in [0.3, 0.4) is 0 Å². The van der Waals surface area contributed by atoms with Gasteiger partial charge in [0.25, 0.3) is 5.91 Å². The molecule has 0 radical (unpaired) electrons. The van der Waals surface area contributed by atoms with Crippen LogP contribution >= 0.6 is 0 Å². The Hall–Kier alpha value is -2.36. The molecule has 1 heterocycles. The second kappa shape index (κ2) is 4.88. The van der Waals surface area contributed by atoms with Crippen LogP contribution in [0.1, 0.15) is 24.2 Å². The Morgan fingerprint density at radius 1 is 1.19 bits per heavy atom. The average molecular weight is 285 g/mol. The molecule has 2 aromatic rings. The highest BCUT2D eigenvalue weighted by atomic mass is 19.1. The van der Waals surface area contributed by atoms with Crippen molar-refractivity contribution in [2.75, 3.05) is 11.4 Å². The molecule has 4 heteroatoms. The summed E-state index contributed by atoms with van der Waals surface area (Å²) in [5.41, 5.74) is 0.561. The van der Waals surface area contributed by atoms with Gasteiger partial charge < -0.3 is 9.64 Å². The molecule has 0 fully saturated rings. The van der Waals surface area contributed by atoms with Gasteiger partial charge in [0.1, 0.15) is 17.2 Å². The van der Waals surface area contributed by atoms with Crippen molar-refractivity contribution >= 4 is 11.6 Å². The quantitative estimate of drug-likeness (QED) is 0.800. The van der Waals surface area contributed by atoms with Gasteiger partial charge in [0, 0.05) is 5.56 Å². The summed E-state index contributed by atoms with van der Waals surface area (Å²) in [5, 5.41) is 0. The van der Waals surface area contributed by atoms with Gasteiger partial charge in [0.15, 0.2) is 0 Å². The maximum atomic E-state index is 13.3.